The Labute approximate surface area is 144 Å². The lowest BCUT2D eigenvalue weighted by molar-refractivity contribution is -0.198. The van der Waals surface area contributed by atoms with Crippen molar-refractivity contribution in [3.8, 4) is 0 Å². The smallest absolute Gasteiger partial charge is 0.313 e. The fourth-order valence-electron chi connectivity index (χ4n) is 2.86. The number of rotatable bonds is 6. The molecule has 0 amide bonds. The van der Waals surface area contributed by atoms with Crippen LogP contribution in [0.25, 0.3) is 0 Å². The number of fused-ring (bicyclic) bond motifs is 1. The molecule has 10 nitrogen and oxygen atoms in total. The van der Waals surface area contributed by atoms with E-state index in [1.807, 2.05) is 0 Å². The van der Waals surface area contributed by atoms with Gasteiger partial charge >= 0.3 is 11.9 Å². The molecule has 7 atom stereocenters. The Hall–Kier alpha value is -1.30. The summed E-state index contributed by atoms with van der Waals surface area (Å²) in [4.78, 5) is 22.6. The molecule has 3 saturated heterocycles. The molecule has 0 radical (unpaired) electrons. The van der Waals surface area contributed by atoms with Crippen molar-refractivity contribution in [1.29, 1.82) is 0 Å². The summed E-state index contributed by atoms with van der Waals surface area (Å²) in [6.07, 6.45) is -4.78. The van der Waals surface area contributed by atoms with Crippen LogP contribution in [0.4, 0.5) is 0 Å². The topological polar surface area (TPSA) is 119 Å². The summed E-state index contributed by atoms with van der Waals surface area (Å²) < 4.78 is 36.9. The monoisotopic (exact) mass is 362 g/mol. The number of carbonyl (C=O) groups is 2. The van der Waals surface area contributed by atoms with Crippen LogP contribution in [-0.2, 0) is 42.7 Å². The molecule has 7 unspecified atom stereocenters. The van der Waals surface area contributed by atoms with E-state index >= 15 is 0 Å². The number of carbonyl (C=O) groups excluding carboxylic acids is 2. The Morgan fingerprint density at radius 3 is 2.48 bits per heavy atom. The second-order valence-corrected chi connectivity index (χ2v) is 5.91. The van der Waals surface area contributed by atoms with Gasteiger partial charge in [-0.25, -0.2) is 0 Å². The van der Waals surface area contributed by atoms with Crippen LogP contribution in [0.5, 0.6) is 0 Å². The molecule has 0 saturated carbocycles. The number of hydrogen-bond acceptors (Lipinski definition) is 10. The Kier molecular flexibility index (Phi) is 5.87. The highest BCUT2D eigenvalue weighted by Crippen LogP contribution is 2.36. The predicted octanol–water partition coefficient (Wildman–Crippen LogP) is -0.581. The van der Waals surface area contributed by atoms with Crippen LogP contribution in [0.2, 0.25) is 0 Å². The van der Waals surface area contributed by atoms with Crippen LogP contribution in [-0.4, -0.2) is 73.7 Å². The van der Waals surface area contributed by atoms with E-state index in [2.05, 4.69) is 4.74 Å². The van der Waals surface area contributed by atoms with Gasteiger partial charge in [-0.15, -0.1) is 0 Å². The van der Waals surface area contributed by atoms with Gasteiger partial charge in [0.05, 0.1) is 13.0 Å². The van der Waals surface area contributed by atoms with E-state index < -0.39 is 55.7 Å². The van der Waals surface area contributed by atoms with Crippen LogP contribution < -0.4 is 0 Å². The molecule has 3 heterocycles. The van der Waals surface area contributed by atoms with Gasteiger partial charge in [0, 0.05) is 6.42 Å². The van der Waals surface area contributed by atoms with Crippen LogP contribution >= 0.6 is 0 Å². The average molecular weight is 362 g/mol. The molecule has 0 aromatic carbocycles. The summed E-state index contributed by atoms with van der Waals surface area (Å²) in [5.74, 6) is -1.12. The summed E-state index contributed by atoms with van der Waals surface area (Å²) in [7, 11) is 0. The van der Waals surface area contributed by atoms with Crippen molar-refractivity contribution in [2.24, 2.45) is 0 Å². The fourth-order valence-corrected chi connectivity index (χ4v) is 2.86. The first-order valence-electron chi connectivity index (χ1n) is 8.20. The van der Waals surface area contributed by atoms with Crippen LogP contribution in [0.3, 0.4) is 0 Å². The first-order chi connectivity index (χ1) is 12.0. The van der Waals surface area contributed by atoms with Gasteiger partial charge in [-0.2, -0.15) is 0 Å². The molecule has 0 spiro atoms. The molecule has 0 aromatic heterocycles. The lowest BCUT2D eigenvalue weighted by Crippen LogP contribution is -2.41. The lowest BCUT2D eigenvalue weighted by Gasteiger charge is -2.22. The third-order valence-corrected chi connectivity index (χ3v) is 4.12. The van der Waals surface area contributed by atoms with Crippen molar-refractivity contribution in [3.63, 3.8) is 0 Å². The normalized spacial score (nSPS) is 40.0. The molecule has 0 aromatic rings. The second-order valence-electron chi connectivity index (χ2n) is 5.91. The second kappa shape index (κ2) is 7.94. The van der Waals surface area contributed by atoms with Gasteiger partial charge in [0.25, 0.3) is 0 Å². The Bertz CT molecular complexity index is 497. The zero-order chi connectivity index (χ0) is 18.0. The van der Waals surface area contributed by atoms with E-state index in [-0.39, 0.29) is 19.1 Å². The number of aliphatic hydroxyl groups excluding tert-OH is 1. The van der Waals surface area contributed by atoms with E-state index in [1.165, 1.54) is 0 Å². The Morgan fingerprint density at radius 1 is 1.08 bits per heavy atom. The summed E-state index contributed by atoms with van der Waals surface area (Å²) in [5.41, 5.74) is 0. The van der Waals surface area contributed by atoms with Crippen molar-refractivity contribution in [2.45, 2.75) is 70.0 Å². The molecule has 3 aliphatic rings. The molecule has 3 fully saturated rings. The number of aliphatic hydroxyl groups is 1. The third kappa shape index (κ3) is 4.27. The van der Waals surface area contributed by atoms with Crippen LogP contribution in [0.15, 0.2) is 0 Å². The van der Waals surface area contributed by atoms with Crippen molar-refractivity contribution in [3.05, 3.63) is 0 Å². The fraction of sp³-hybridized carbons (Fsp3) is 0.867. The summed E-state index contributed by atoms with van der Waals surface area (Å²) >= 11 is 0. The first-order valence-corrected chi connectivity index (χ1v) is 8.20. The minimum atomic E-state index is -0.963. The highest BCUT2D eigenvalue weighted by molar-refractivity contribution is 5.71. The van der Waals surface area contributed by atoms with Crippen molar-refractivity contribution in [2.75, 3.05) is 13.4 Å². The molecular weight excluding hydrogens is 340 g/mol. The quantitative estimate of drug-likeness (QED) is 0.485. The number of esters is 2. The van der Waals surface area contributed by atoms with E-state index in [9.17, 15) is 14.7 Å². The molecule has 3 rings (SSSR count). The lowest BCUT2D eigenvalue weighted by atomic mass is 10.1. The maximum absolute atomic E-state index is 11.7. The highest BCUT2D eigenvalue weighted by Gasteiger charge is 2.55. The van der Waals surface area contributed by atoms with Gasteiger partial charge in [0.1, 0.15) is 24.4 Å². The summed E-state index contributed by atoms with van der Waals surface area (Å²) in [5, 5.41) is 10.3. The first kappa shape index (κ1) is 18.5. The van der Waals surface area contributed by atoms with E-state index in [1.54, 1.807) is 13.8 Å². The van der Waals surface area contributed by atoms with Crippen LogP contribution in [0, 0.1) is 0 Å². The molecular formula is C15H22O10. The van der Waals surface area contributed by atoms with Crippen LogP contribution in [0.1, 0.15) is 26.7 Å². The number of hydrogen-bond donors (Lipinski definition) is 1. The Morgan fingerprint density at radius 2 is 1.84 bits per heavy atom. The SMILES string of the molecule is CCC(=O)OCOC(=O)CC1OC2OC(C3COC(C)O3)C(O)C2O1. The van der Waals surface area contributed by atoms with Gasteiger partial charge in [-0.3, -0.25) is 9.59 Å². The van der Waals surface area contributed by atoms with Gasteiger partial charge in [-0.05, 0) is 6.92 Å². The average Bonchev–Trinajstić information content (AvgIpc) is 3.24. The molecule has 3 aliphatic heterocycles. The molecule has 25 heavy (non-hydrogen) atoms. The van der Waals surface area contributed by atoms with E-state index in [0.29, 0.717) is 6.61 Å². The van der Waals surface area contributed by atoms with Gasteiger partial charge in [0.15, 0.2) is 18.9 Å². The summed E-state index contributed by atoms with van der Waals surface area (Å²) in [6.45, 7) is 3.25. The van der Waals surface area contributed by atoms with Gasteiger partial charge < -0.3 is 38.3 Å². The maximum atomic E-state index is 11.7. The summed E-state index contributed by atoms with van der Waals surface area (Å²) in [6, 6.07) is 0. The highest BCUT2D eigenvalue weighted by atomic mass is 16.8. The minimum Gasteiger partial charge on any atom is -0.428 e. The van der Waals surface area contributed by atoms with Crippen molar-refractivity contribution < 1.29 is 47.9 Å². The van der Waals surface area contributed by atoms with Gasteiger partial charge in [0.2, 0.25) is 6.79 Å². The standard InChI is InChI=1S/C15H22O10/c1-3-9(16)20-6-21-10(17)4-11-23-14-12(18)13(25-15(14)24-11)8-5-19-7(2)22-8/h7-8,11-15,18H,3-6H2,1-2H3. The predicted molar refractivity (Wildman–Crippen MR) is 76.7 cm³/mol. The molecule has 142 valence electrons. The van der Waals surface area contributed by atoms with Gasteiger partial charge in [-0.1, -0.05) is 6.92 Å². The molecule has 0 bridgehead atoms. The molecule has 0 aliphatic carbocycles. The third-order valence-electron chi connectivity index (χ3n) is 4.12. The minimum absolute atomic E-state index is 0.195. The van der Waals surface area contributed by atoms with E-state index in [4.69, 9.17) is 28.4 Å². The molecule has 1 N–H and O–H groups in total. The van der Waals surface area contributed by atoms with Crippen molar-refractivity contribution >= 4 is 11.9 Å². The largest absolute Gasteiger partial charge is 0.428 e. The molecule has 10 heteroatoms. The Balaban J connectivity index is 1.41. The maximum Gasteiger partial charge on any atom is 0.313 e. The zero-order valence-corrected chi connectivity index (χ0v) is 14.0. The number of ether oxygens (including phenoxy) is 7. The zero-order valence-electron chi connectivity index (χ0n) is 14.0. The van der Waals surface area contributed by atoms with E-state index in [0.717, 1.165) is 0 Å². The van der Waals surface area contributed by atoms with Crippen molar-refractivity contribution in [1.82, 2.24) is 0 Å².